The van der Waals surface area contributed by atoms with E-state index in [4.69, 9.17) is 18.9 Å². The van der Waals surface area contributed by atoms with Crippen molar-refractivity contribution < 1.29 is 38.1 Å². The molecule has 2 atom stereocenters. The van der Waals surface area contributed by atoms with Crippen molar-refractivity contribution in [2.45, 2.75) is 32.5 Å². The Labute approximate surface area is 215 Å². The molecule has 196 valence electrons. The lowest BCUT2D eigenvalue weighted by Crippen LogP contribution is -2.23. The summed E-state index contributed by atoms with van der Waals surface area (Å²) in [5.74, 6) is -1.17. The van der Waals surface area contributed by atoms with E-state index >= 15 is 0 Å². The van der Waals surface area contributed by atoms with E-state index in [0.29, 0.717) is 17.8 Å². The smallest absolute Gasteiger partial charge is 0.411 e. The van der Waals surface area contributed by atoms with E-state index < -0.39 is 36.3 Å². The van der Waals surface area contributed by atoms with E-state index in [0.717, 1.165) is 23.3 Å². The first kappa shape index (κ1) is 28.6. The molecular weight excluding hydrogens is 480 g/mol. The van der Waals surface area contributed by atoms with Crippen molar-refractivity contribution in [2.24, 2.45) is 0 Å². The number of rotatable bonds is 12. The summed E-state index contributed by atoms with van der Waals surface area (Å²) in [6, 6.07) is 14.5. The Bertz CT molecular complexity index is 1010. The predicted octanol–water partition coefficient (Wildman–Crippen LogP) is 4.61. The summed E-state index contributed by atoms with van der Waals surface area (Å²) in [7, 11) is 0. The molecule has 0 fully saturated rings. The van der Waals surface area contributed by atoms with Crippen molar-refractivity contribution in [3.05, 3.63) is 85.0 Å². The number of benzene rings is 2. The summed E-state index contributed by atoms with van der Waals surface area (Å²) >= 11 is 0. The summed E-state index contributed by atoms with van der Waals surface area (Å²) in [6.07, 6.45) is 0.193. The standard InChI is InChI=1S/C27H30N2O8/c1-5-24(30)36-18(3)16-34-26(32)28-22-11-7-20(8-12-22)15-21-9-13-23(14-10-21)29-27(33)35-17-19(4)37-25(31)6-2/h5-14,18-19H,1-2,15-17H2,3-4H3,(H,28,32)(H,29,33). The van der Waals surface area contributed by atoms with Crippen molar-refractivity contribution in [3.8, 4) is 0 Å². The zero-order valence-electron chi connectivity index (χ0n) is 20.7. The first-order valence-corrected chi connectivity index (χ1v) is 11.4. The zero-order chi connectivity index (χ0) is 27.2. The fraction of sp³-hybridized carbons (Fsp3) is 0.259. The lowest BCUT2D eigenvalue weighted by atomic mass is 10.0. The predicted molar refractivity (Wildman–Crippen MR) is 137 cm³/mol. The Morgan fingerprint density at radius 2 is 1.05 bits per heavy atom. The molecule has 0 saturated heterocycles. The van der Waals surface area contributed by atoms with Gasteiger partial charge in [0, 0.05) is 23.5 Å². The molecule has 2 amide bonds. The fourth-order valence-corrected chi connectivity index (χ4v) is 2.90. The normalized spacial score (nSPS) is 11.7. The number of hydrogen-bond acceptors (Lipinski definition) is 8. The largest absolute Gasteiger partial charge is 0.456 e. The third-order valence-corrected chi connectivity index (χ3v) is 4.68. The molecule has 0 spiro atoms. The highest BCUT2D eigenvalue weighted by molar-refractivity contribution is 5.85. The van der Waals surface area contributed by atoms with Gasteiger partial charge in [0.15, 0.2) is 0 Å². The van der Waals surface area contributed by atoms with Crippen LogP contribution < -0.4 is 10.6 Å². The molecule has 0 bridgehead atoms. The average molecular weight is 511 g/mol. The minimum absolute atomic E-state index is 0.0870. The van der Waals surface area contributed by atoms with Crippen molar-refractivity contribution in [3.63, 3.8) is 0 Å². The second-order valence-corrected chi connectivity index (χ2v) is 7.92. The Morgan fingerprint density at radius 3 is 1.38 bits per heavy atom. The SMILES string of the molecule is C=CC(=O)OC(C)COC(=O)Nc1ccc(Cc2ccc(NC(=O)OCC(C)OC(=O)C=C)cc2)cc1. The molecule has 0 saturated carbocycles. The molecule has 2 rings (SSSR count). The van der Waals surface area contributed by atoms with Crippen LogP contribution in [0.25, 0.3) is 0 Å². The summed E-state index contributed by atoms with van der Waals surface area (Å²) in [5.41, 5.74) is 3.12. The zero-order valence-corrected chi connectivity index (χ0v) is 20.7. The van der Waals surface area contributed by atoms with Crippen LogP contribution in [0.4, 0.5) is 21.0 Å². The molecular formula is C27H30N2O8. The van der Waals surface area contributed by atoms with E-state index in [2.05, 4.69) is 23.8 Å². The molecule has 2 unspecified atom stereocenters. The number of carbonyl (C=O) groups is 4. The van der Waals surface area contributed by atoms with Gasteiger partial charge in [0.05, 0.1) is 0 Å². The lowest BCUT2D eigenvalue weighted by molar-refractivity contribution is -0.144. The molecule has 0 heterocycles. The maximum atomic E-state index is 11.9. The van der Waals surface area contributed by atoms with Crippen molar-refractivity contribution in [1.82, 2.24) is 0 Å². The maximum absolute atomic E-state index is 11.9. The monoisotopic (exact) mass is 510 g/mol. The highest BCUT2D eigenvalue weighted by Gasteiger charge is 2.12. The third kappa shape index (κ3) is 11.1. The van der Waals surface area contributed by atoms with Crippen LogP contribution in [-0.2, 0) is 35.0 Å². The van der Waals surface area contributed by atoms with E-state index in [9.17, 15) is 19.2 Å². The quantitative estimate of drug-likeness (QED) is 0.241. The number of nitrogens with one attached hydrogen (secondary N) is 2. The molecule has 2 aromatic carbocycles. The molecule has 37 heavy (non-hydrogen) atoms. The van der Waals surface area contributed by atoms with Crippen LogP contribution in [0, 0.1) is 0 Å². The van der Waals surface area contributed by atoms with E-state index in [-0.39, 0.29) is 13.2 Å². The Hall–Kier alpha value is -4.60. The van der Waals surface area contributed by atoms with Crippen molar-refractivity contribution in [2.75, 3.05) is 23.8 Å². The number of ether oxygens (including phenoxy) is 4. The molecule has 2 aromatic rings. The van der Waals surface area contributed by atoms with Crippen molar-refractivity contribution >= 4 is 35.5 Å². The van der Waals surface area contributed by atoms with Crippen LogP contribution in [0.3, 0.4) is 0 Å². The van der Waals surface area contributed by atoms with Gasteiger partial charge in [0.1, 0.15) is 25.4 Å². The van der Waals surface area contributed by atoms with Gasteiger partial charge in [0.25, 0.3) is 0 Å². The van der Waals surface area contributed by atoms with Crippen molar-refractivity contribution in [1.29, 1.82) is 0 Å². The van der Waals surface area contributed by atoms with E-state index in [1.54, 1.807) is 38.1 Å². The van der Waals surface area contributed by atoms with Gasteiger partial charge in [0.2, 0.25) is 0 Å². The number of amides is 2. The summed E-state index contributed by atoms with van der Waals surface area (Å²) < 4.78 is 19.9. The lowest BCUT2D eigenvalue weighted by Gasteiger charge is -2.13. The number of carbonyl (C=O) groups excluding carboxylic acids is 4. The van der Waals surface area contributed by atoms with Crippen LogP contribution >= 0.6 is 0 Å². The number of hydrogen-bond donors (Lipinski definition) is 2. The first-order chi connectivity index (χ1) is 17.7. The average Bonchev–Trinajstić information content (AvgIpc) is 2.88. The number of esters is 2. The Balaban J connectivity index is 1.77. The topological polar surface area (TPSA) is 129 Å². The second-order valence-electron chi connectivity index (χ2n) is 7.92. The van der Waals surface area contributed by atoms with Gasteiger partial charge < -0.3 is 18.9 Å². The van der Waals surface area contributed by atoms with E-state index in [1.165, 1.54) is 0 Å². The minimum atomic E-state index is -0.664. The minimum Gasteiger partial charge on any atom is -0.456 e. The van der Waals surface area contributed by atoms with Gasteiger partial charge in [-0.3, -0.25) is 10.6 Å². The summed E-state index contributed by atoms with van der Waals surface area (Å²) in [6.45, 7) is 9.64. The molecule has 0 aromatic heterocycles. The highest BCUT2D eigenvalue weighted by atomic mass is 16.6. The van der Waals surface area contributed by atoms with Crippen LogP contribution in [-0.4, -0.2) is 49.5 Å². The molecule has 2 N–H and O–H groups in total. The second kappa shape index (κ2) is 14.7. The highest BCUT2D eigenvalue weighted by Crippen LogP contribution is 2.16. The summed E-state index contributed by atoms with van der Waals surface area (Å²) in [4.78, 5) is 46.1. The Morgan fingerprint density at radius 1 is 0.703 bits per heavy atom. The fourth-order valence-electron chi connectivity index (χ4n) is 2.90. The third-order valence-electron chi connectivity index (χ3n) is 4.68. The maximum Gasteiger partial charge on any atom is 0.411 e. The van der Waals surface area contributed by atoms with Gasteiger partial charge in [-0.2, -0.15) is 0 Å². The molecule has 0 aliphatic rings. The van der Waals surface area contributed by atoms with Crippen LogP contribution in [0.15, 0.2) is 73.8 Å². The molecule has 0 radical (unpaired) electrons. The van der Waals surface area contributed by atoms with Crippen LogP contribution in [0.1, 0.15) is 25.0 Å². The first-order valence-electron chi connectivity index (χ1n) is 11.4. The molecule has 10 nitrogen and oxygen atoms in total. The molecule has 0 aliphatic carbocycles. The molecule has 0 aliphatic heterocycles. The molecule has 10 heteroatoms. The number of anilines is 2. The van der Waals surface area contributed by atoms with Gasteiger partial charge in [-0.25, -0.2) is 19.2 Å². The summed E-state index contributed by atoms with van der Waals surface area (Å²) in [5, 5.41) is 5.22. The van der Waals surface area contributed by atoms with Gasteiger partial charge >= 0.3 is 24.1 Å². The van der Waals surface area contributed by atoms with Crippen LogP contribution in [0.5, 0.6) is 0 Å². The van der Waals surface area contributed by atoms with E-state index in [1.807, 2.05) is 24.3 Å². The van der Waals surface area contributed by atoms with Crippen LogP contribution in [0.2, 0.25) is 0 Å². The van der Waals surface area contributed by atoms with Gasteiger partial charge in [-0.05, 0) is 55.7 Å². The van der Waals surface area contributed by atoms with Gasteiger partial charge in [-0.15, -0.1) is 0 Å². The van der Waals surface area contributed by atoms with Gasteiger partial charge in [-0.1, -0.05) is 37.4 Å². The Kier molecular flexibility index (Phi) is 11.4.